The molecular weight excluding hydrogens is 317 g/mol. The number of benzene rings is 2. The van der Waals surface area contributed by atoms with Gasteiger partial charge in [0.1, 0.15) is 6.54 Å². The minimum Gasteiger partial charge on any atom is -0.321 e. The summed E-state index contributed by atoms with van der Waals surface area (Å²) in [4.78, 5) is 13.4. The first-order valence-corrected chi connectivity index (χ1v) is 7.83. The number of hydrogen-bond acceptors (Lipinski definition) is 1. The number of halogens is 3. The van der Waals surface area contributed by atoms with Crippen LogP contribution in [0.3, 0.4) is 0 Å². The highest BCUT2D eigenvalue weighted by atomic mass is 19.2. The second-order valence-electron chi connectivity index (χ2n) is 6.04. The number of fused-ring (bicyclic) bond motifs is 1. The summed E-state index contributed by atoms with van der Waals surface area (Å²) in [6.45, 7) is 3.23. The summed E-state index contributed by atoms with van der Waals surface area (Å²) >= 11 is 0. The van der Waals surface area contributed by atoms with Crippen LogP contribution in [0.25, 0.3) is 0 Å². The molecule has 0 aliphatic carbocycles. The van der Waals surface area contributed by atoms with Crippen molar-refractivity contribution in [3.8, 4) is 0 Å². The first kappa shape index (κ1) is 16.5. The molecule has 1 amide bonds. The molecule has 2 aromatic rings. The number of hydrogen-bond donors (Lipinski definition) is 2. The molecule has 0 saturated carbocycles. The van der Waals surface area contributed by atoms with Gasteiger partial charge in [0.25, 0.3) is 5.91 Å². The SMILES string of the molecule is C[C@H](C(=O)Nc1ccc(F)c(F)c1F)[NH+]1CCc2ccccc2C1. The molecule has 2 atom stereocenters. The number of anilines is 1. The molecule has 0 fully saturated rings. The topological polar surface area (TPSA) is 33.5 Å². The fourth-order valence-electron chi connectivity index (χ4n) is 3.02. The van der Waals surface area contributed by atoms with Crippen molar-refractivity contribution in [1.82, 2.24) is 0 Å². The van der Waals surface area contributed by atoms with E-state index in [1.165, 1.54) is 11.1 Å². The van der Waals surface area contributed by atoms with E-state index in [0.717, 1.165) is 30.0 Å². The maximum Gasteiger partial charge on any atom is 0.282 e. The second-order valence-corrected chi connectivity index (χ2v) is 6.04. The van der Waals surface area contributed by atoms with Gasteiger partial charge in [-0.3, -0.25) is 4.79 Å². The Morgan fingerprint density at radius 3 is 2.54 bits per heavy atom. The molecule has 126 valence electrons. The Hall–Kier alpha value is -2.34. The Balaban J connectivity index is 1.71. The van der Waals surface area contributed by atoms with Gasteiger partial charge in [-0.2, -0.15) is 0 Å². The van der Waals surface area contributed by atoms with Crippen LogP contribution < -0.4 is 10.2 Å². The molecule has 0 bridgehead atoms. The molecule has 1 unspecified atom stereocenters. The third-order valence-electron chi connectivity index (χ3n) is 4.55. The molecule has 6 heteroatoms. The lowest BCUT2D eigenvalue weighted by Gasteiger charge is -2.30. The summed E-state index contributed by atoms with van der Waals surface area (Å²) in [7, 11) is 0. The van der Waals surface area contributed by atoms with E-state index >= 15 is 0 Å². The molecule has 1 aliphatic heterocycles. The molecule has 3 nitrogen and oxygen atoms in total. The van der Waals surface area contributed by atoms with E-state index in [2.05, 4.69) is 11.4 Å². The van der Waals surface area contributed by atoms with E-state index in [4.69, 9.17) is 0 Å². The lowest BCUT2D eigenvalue weighted by Crippen LogP contribution is -3.16. The second kappa shape index (κ2) is 6.65. The lowest BCUT2D eigenvalue weighted by molar-refractivity contribution is -0.929. The molecule has 0 radical (unpaired) electrons. The van der Waals surface area contributed by atoms with Crippen molar-refractivity contribution in [3.05, 3.63) is 65.0 Å². The van der Waals surface area contributed by atoms with Gasteiger partial charge >= 0.3 is 0 Å². The van der Waals surface area contributed by atoms with Gasteiger partial charge in [0.2, 0.25) is 0 Å². The van der Waals surface area contributed by atoms with Crippen molar-refractivity contribution in [2.24, 2.45) is 0 Å². The van der Waals surface area contributed by atoms with Crippen molar-refractivity contribution in [1.29, 1.82) is 0 Å². The normalized spacial score (nSPS) is 17.9. The lowest BCUT2D eigenvalue weighted by atomic mass is 9.99. The van der Waals surface area contributed by atoms with Crippen molar-refractivity contribution in [2.75, 3.05) is 11.9 Å². The summed E-state index contributed by atoms with van der Waals surface area (Å²) in [5, 5.41) is 2.36. The van der Waals surface area contributed by atoms with E-state index in [1.54, 1.807) is 6.92 Å². The quantitative estimate of drug-likeness (QED) is 0.828. The molecule has 1 aliphatic rings. The van der Waals surface area contributed by atoms with Gasteiger partial charge in [-0.15, -0.1) is 0 Å². The number of rotatable bonds is 3. The Morgan fingerprint density at radius 2 is 1.79 bits per heavy atom. The Morgan fingerprint density at radius 1 is 1.08 bits per heavy atom. The molecule has 3 rings (SSSR count). The predicted molar refractivity (Wildman–Crippen MR) is 84.1 cm³/mol. The number of nitrogens with one attached hydrogen (secondary N) is 2. The highest BCUT2D eigenvalue weighted by Gasteiger charge is 2.29. The number of carbonyl (C=O) groups is 1. The summed E-state index contributed by atoms with van der Waals surface area (Å²) in [5.74, 6) is -4.67. The minimum absolute atomic E-state index is 0.345. The standard InChI is InChI=1S/C18H17F3N2O/c1-11(23-9-8-12-4-2-3-5-13(12)10-23)18(24)22-15-7-6-14(19)16(20)17(15)21/h2-7,11H,8-10H2,1H3,(H,22,24)/p+1/t11-/m1/s1. The Labute approximate surface area is 138 Å². The highest BCUT2D eigenvalue weighted by molar-refractivity contribution is 5.93. The van der Waals surface area contributed by atoms with Crippen LogP contribution in [0.15, 0.2) is 36.4 Å². The van der Waals surface area contributed by atoms with Crippen molar-refractivity contribution in [3.63, 3.8) is 0 Å². The molecular formula is C18H18F3N2O+. The van der Waals surface area contributed by atoms with E-state index in [9.17, 15) is 18.0 Å². The summed E-state index contributed by atoms with van der Waals surface area (Å²) in [6.07, 6.45) is 0.864. The van der Waals surface area contributed by atoms with Crippen molar-refractivity contribution < 1.29 is 22.9 Å². The molecule has 0 spiro atoms. The fraction of sp³-hybridized carbons (Fsp3) is 0.278. The van der Waals surface area contributed by atoms with Crippen LogP contribution in [0.4, 0.5) is 18.9 Å². The first-order valence-electron chi connectivity index (χ1n) is 7.83. The summed E-state index contributed by atoms with van der Waals surface area (Å²) in [5.41, 5.74) is 2.13. The van der Waals surface area contributed by atoms with Gasteiger partial charge in [0, 0.05) is 12.0 Å². The molecule has 2 N–H and O–H groups in total. The van der Waals surface area contributed by atoms with E-state index in [1.807, 2.05) is 18.2 Å². The zero-order valence-corrected chi connectivity index (χ0v) is 13.2. The molecule has 1 heterocycles. The van der Waals surface area contributed by atoms with Gasteiger partial charge in [-0.25, -0.2) is 13.2 Å². The van der Waals surface area contributed by atoms with Gasteiger partial charge in [-0.1, -0.05) is 24.3 Å². The largest absolute Gasteiger partial charge is 0.321 e. The van der Waals surface area contributed by atoms with E-state index in [0.29, 0.717) is 6.54 Å². The third kappa shape index (κ3) is 3.14. The maximum atomic E-state index is 13.7. The zero-order valence-electron chi connectivity index (χ0n) is 13.2. The highest BCUT2D eigenvalue weighted by Crippen LogP contribution is 2.19. The van der Waals surface area contributed by atoms with Crippen LogP contribution in [0.1, 0.15) is 18.1 Å². The first-order chi connectivity index (χ1) is 11.5. The van der Waals surface area contributed by atoms with Crippen LogP contribution in [-0.4, -0.2) is 18.5 Å². The average molecular weight is 335 g/mol. The van der Waals surface area contributed by atoms with Crippen molar-refractivity contribution in [2.45, 2.75) is 25.9 Å². The van der Waals surface area contributed by atoms with E-state index < -0.39 is 29.4 Å². The zero-order chi connectivity index (χ0) is 17.3. The molecule has 0 aromatic heterocycles. The van der Waals surface area contributed by atoms with Gasteiger partial charge in [0.15, 0.2) is 23.5 Å². The number of quaternary nitrogens is 1. The van der Waals surface area contributed by atoms with Crippen LogP contribution in [0, 0.1) is 17.5 Å². The minimum atomic E-state index is -1.58. The Kier molecular flexibility index (Phi) is 4.57. The number of carbonyl (C=O) groups excluding carboxylic acids is 1. The maximum absolute atomic E-state index is 13.7. The molecule has 2 aromatic carbocycles. The predicted octanol–water partition coefficient (Wildman–Crippen LogP) is 2.07. The van der Waals surface area contributed by atoms with Crippen LogP contribution in [-0.2, 0) is 17.8 Å². The summed E-state index contributed by atoms with van der Waals surface area (Å²) < 4.78 is 39.9. The molecule has 24 heavy (non-hydrogen) atoms. The summed E-state index contributed by atoms with van der Waals surface area (Å²) in [6, 6.07) is 9.45. The fourth-order valence-corrected chi connectivity index (χ4v) is 3.02. The number of amides is 1. The van der Waals surface area contributed by atoms with Crippen molar-refractivity contribution >= 4 is 11.6 Å². The molecule has 0 saturated heterocycles. The monoisotopic (exact) mass is 335 g/mol. The average Bonchev–Trinajstić information content (AvgIpc) is 2.61. The van der Waals surface area contributed by atoms with Gasteiger partial charge in [-0.05, 0) is 24.6 Å². The Bertz CT molecular complexity index is 779. The van der Waals surface area contributed by atoms with Crippen LogP contribution >= 0.6 is 0 Å². The van der Waals surface area contributed by atoms with Crippen LogP contribution in [0.2, 0.25) is 0 Å². The van der Waals surface area contributed by atoms with E-state index in [-0.39, 0.29) is 5.69 Å². The van der Waals surface area contributed by atoms with Gasteiger partial charge in [0.05, 0.1) is 12.2 Å². The smallest absolute Gasteiger partial charge is 0.282 e. The van der Waals surface area contributed by atoms with Crippen LogP contribution in [0.5, 0.6) is 0 Å². The third-order valence-corrected chi connectivity index (χ3v) is 4.55. The van der Waals surface area contributed by atoms with Gasteiger partial charge < -0.3 is 10.2 Å².